The van der Waals surface area contributed by atoms with E-state index in [9.17, 15) is 0 Å². The summed E-state index contributed by atoms with van der Waals surface area (Å²) in [5.74, 6) is 1.66. The van der Waals surface area contributed by atoms with Crippen LogP contribution < -0.4 is 0 Å². The molecule has 1 aliphatic carbocycles. The molecule has 0 aliphatic heterocycles. The van der Waals surface area contributed by atoms with E-state index in [1.54, 1.807) is 0 Å². The molecule has 0 saturated carbocycles. The lowest BCUT2D eigenvalue weighted by Gasteiger charge is -2.00. The van der Waals surface area contributed by atoms with Crippen molar-refractivity contribution >= 4 is 0 Å². The highest BCUT2D eigenvalue weighted by Gasteiger charge is 2.05. The van der Waals surface area contributed by atoms with Crippen LogP contribution in [0.2, 0.25) is 0 Å². The standard InChI is InChI=1S/C9H16.C2H6.CH4/c1-8-4-3-5-9(2)7-6-8;1-2;/h6-9H,3-5H2,1-2H3;1-2H3;1H4. The Morgan fingerprint density at radius 3 is 1.58 bits per heavy atom. The number of rotatable bonds is 0. The lowest BCUT2D eigenvalue weighted by Crippen LogP contribution is -1.86. The van der Waals surface area contributed by atoms with Crippen LogP contribution in [-0.2, 0) is 0 Å². The first-order valence-corrected chi connectivity index (χ1v) is 4.97. The Labute approximate surface area is 79.1 Å². The third kappa shape index (κ3) is 6.45. The molecule has 1 rings (SSSR count). The van der Waals surface area contributed by atoms with E-state index in [2.05, 4.69) is 26.0 Å². The van der Waals surface area contributed by atoms with E-state index >= 15 is 0 Å². The van der Waals surface area contributed by atoms with Crippen molar-refractivity contribution in [3.05, 3.63) is 12.2 Å². The molecule has 0 radical (unpaired) electrons. The van der Waals surface area contributed by atoms with E-state index in [1.165, 1.54) is 19.3 Å². The van der Waals surface area contributed by atoms with Crippen LogP contribution >= 0.6 is 0 Å². The molecule has 2 atom stereocenters. The lowest BCUT2D eigenvalue weighted by atomic mass is 10.1. The molecule has 0 aromatic carbocycles. The van der Waals surface area contributed by atoms with Gasteiger partial charge < -0.3 is 0 Å². The van der Waals surface area contributed by atoms with Crippen molar-refractivity contribution in [2.75, 3.05) is 0 Å². The molecule has 12 heavy (non-hydrogen) atoms. The third-order valence-electron chi connectivity index (χ3n) is 2.09. The summed E-state index contributed by atoms with van der Waals surface area (Å²) in [6.45, 7) is 8.60. The zero-order valence-electron chi connectivity index (χ0n) is 8.43. The van der Waals surface area contributed by atoms with Gasteiger partial charge in [0.1, 0.15) is 0 Å². The van der Waals surface area contributed by atoms with E-state index in [0.29, 0.717) is 0 Å². The molecule has 0 heterocycles. The van der Waals surface area contributed by atoms with Gasteiger partial charge in [-0.05, 0) is 24.7 Å². The average molecular weight is 170 g/mol. The van der Waals surface area contributed by atoms with Crippen molar-refractivity contribution in [2.45, 2.75) is 54.4 Å². The van der Waals surface area contributed by atoms with Crippen LogP contribution in [0.15, 0.2) is 12.2 Å². The summed E-state index contributed by atoms with van der Waals surface area (Å²) in [7, 11) is 0. The third-order valence-corrected chi connectivity index (χ3v) is 2.09. The Balaban J connectivity index is 0. The summed E-state index contributed by atoms with van der Waals surface area (Å²) in [6, 6.07) is 0. The molecule has 0 saturated heterocycles. The monoisotopic (exact) mass is 170 g/mol. The second kappa shape index (κ2) is 8.83. The highest BCUT2D eigenvalue weighted by molar-refractivity contribution is 4.92. The Hall–Kier alpha value is -0.260. The molecule has 2 unspecified atom stereocenters. The predicted molar refractivity (Wildman–Crippen MR) is 59.4 cm³/mol. The fraction of sp³-hybridized carbons (Fsp3) is 0.833. The van der Waals surface area contributed by atoms with Gasteiger partial charge in [-0.3, -0.25) is 0 Å². The fourth-order valence-electron chi connectivity index (χ4n) is 1.33. The van der Waals surface area contributed by atoms with Crippen LogP contribution in [0.25, 0.3) is 0 Å². The normalized spacial score (nSPS) is 27.7. The van der Waals surface area contributed by atoms with Gasteiger partial charge in [-0.1, -0.05) is 53.7 Å². The van der Waals surface area contributed by atoms with Crippen molar-refractivity contribution in [3.8, 4) is 0 Å². The maximum Gasteiger partial charge on any atom is -0.0262 e. The first-order valence-electron chi connectivity index (χ1n) is 4.97. The summed E-state index contributed by atoms with van der Waals surface area (Å²) >= 11 is 0. The van der Waals surface area contributed by atoms with Gasteiger partial charge in [0, 0.05) is 0 Å². The van der Waals surface area contributed by atoms with Gasteiger partial charge in [0.15, 0.2) is 0 Å². The molecule has 0 fully saturated rings. The van der Waals surface area contributed by atoms with Gasteiger partial charge in [-0.2, -0.15) is 0 Å². The molecule has 74 valence electrons. The molecule has 1 aliphatic rings. The molecule has 0 aromatic heterocycles. The van der Waals surface area contributed by atoms with Crippen LogP contribution in [0.3, 0.4) is 0 Å². The summed E-state index contributed by atoms with van der Waals surface area (Å²) in [5.41, 5.74) is 0. The topological polar surface area (TPSA) is 0 Å². The zero-order chi connectivity index (χ0) is 8.69. The molecule has 0 N–H and O–H groups in total. The quantitative estimate of drug-likeness (QED) is 0.464. The van der Waals surface area contributed by atoms with E-state index in [4.69, 9.17) is 0 Å². The smallest absolute Gasteiger partial charge is 0.0262 e. The molecule has 0 amide bonds. The van der Waals surface area contributed by atoms with Gasteiger partial charge in [0.05, 0.1) is 0 Å². The highest BCUT2D eigenvalue weighted by Crippen LogP contribution is 2.19. The Bertz CT molecular complexity index is 90.6. The summed E-state index contributed by atoms with van der Waals surface area (Å²) in [5, 5.41) is 0. The van der Waals surface area contributed by atoms with Crippen molar-refractivity contribution in [1.29, 1.82) is 0 Å². The molecule has 0 aromatic rings. The van der Waals surface area contributed by atoms with Crippen molar-refractivity contribution < 1.29 is 0 Å². The molecule has 0 spiro atoms. The molecular formula is C12H26. The Morgan fingerprint density at radius 1 is 0.917 bits per heavy atom. The van der Waals surface area contributed by atoms with Gasteiger partial charge in [0.2, 0.25) is 0 Å². The Kier molecular flexibility index (Phi) is 10.5. The van der Waals surface area contributed by atoms with E-state index in [0.717, 1.165) is 11.8 Å². The van der Waals surface area contributed by atoms with E-state index < -0.39 is 0 Å². The second-order valence-corrected chi connectivity index (χ2v) is 3.27. The van der Waals surface area contributed by atoms with E-state index in [-0.39, 0.29) is 7.43 Å². The molecular weight excluding hydrogens is 144 g/mol. The Morgan fingerprint density at radius 2 is 1.25 bits per heavy atom. The number of hydrogen-bond donors (Lipinski definition) is 0. The van der Waals surface area contributed by atoms with Gasteiger partial charge in [-0.15, -0.1) is 0 Å². The molecule has 0 heteroatoms. The SMILES string of the molecule is C.CC.CC1C=CC(C)CCC1. The first kappa shape index (κ1) is 14.3. The maximum atomic E-state index is 2.36. The van der Waals surface area contributed by atoms with Crippen LogP contribution in [0.1, 0.15) is 54.4 Å². The van der Waals surface area contributed by atoms with Crippen molar-refractivity contribution in [3.63, 3.8) is 0 Å². The summed E-state index contributed by atoms with van der Waals surface area (Å²) < 4.78 is 0. The number of hydrogen-bond acceptors (Lipinski definition) is 0. The minimum Gasteiger partial charge on any atom is -0.0854 e. The van der Waals surface area contributed by atoms with Crippen molar-refractivity contribution in [2.24, 2.45) is 11.8 Å². The van der Waals surface area contributed by atoms with Crippen LogP contribution in [0.4, 0.5) is 0 Å². The van der Waals surface area contributed by atoms with Gasteiger partial charge in [-0.25, -0.2) is 0 Å². The van der Waals surface area contributed by atoms with Crippen molar-refractivity contribution in [1.82, 2.24) is 0 Å². The van der Waals surface area contributed by atoms with E-state index in [1.807, 2.05) is 13.8 Å². The maximum absolute atomic E-state index is 2.36. The minimum atomic E-state index is 0. The first-order chi connectivity index (χ1) is 5.29. The van der Waals surface area contributed by atoms with Gasteiger partial charge in [0.25, 0.3) is 0 Å². The highest BCUT2D eigenvalue weighted by atomic mass is 14.1. The summed E-state index contributed by atoms with van der Waals surface area (Å²) in [6.07, 6.45) is 8.91. The van der Waals surface area contributed by atoms with Gasteiger partial charge >= 0.3 is 0 Å². The largest absolute Gasteiger partial charge is 0.0854 e. The molecule has 0 nitrogen and oxygen atoms in total. The lowest BCUT2D eigenvalue weighted by molar-refractivity contribution is 0.558. The predicted octanol–water partition coefficient (Wildman–Crippen LogP) is 4.66. The fourth-order valence-corrected chi connectivity index (χ4v) is 1.33. The number of allylic oxidation sites excluding steroid dienone is 2. The van der Waals surface area contributed by atoms with Crippen LogP contribution in [-0.4, -0.2) is 0 Å². The summed E-state index contributed by atoms with van der Waals surface area (Å²) in [4.78, 5) is 0. The van der Waals surface area contributed by atoms with Crippen LogP contribution in [0.5, 0.6) is 0 Å². The zero-order valence-corrected chi connectivity index (χ0v) is 8.43. The van der Waals surface area contributed by atoms with Crippen LogP contribution in [0, 0.1) is 11.8 Å². The average Bonchev–Trinajstić information content (AvgIpc) is 2.20. The molecule has 0 bridgehead atoms. The second-order valence-electron chi connectivity index (χ2n) is 3.27. The minimum absolute atomic E-state index is 0.